The predicted molar refractivity (Wildman–Crippen MR) is 113 cm³/mol. The Kier molecular flexibility index (Phi) is 4.88. The van der Waals surface area contributed by atoms with Crippen LogP contribution in [0.4, 0.5) is 10.8 Å². The topological polar surface area (TPSA) is 102 Å². The highest BCUT2D eigenvalue weighted by Gasteiger charge is 2.13. The summed E-state index contributed by atoms with van der Waals surface area (Å²) in [5.41, 5.74) is 1.73. The molecule has 0 atom stereocenters. The summed E-state index contributed by atoms with van der Waals surface area (Å²) in [5.74, 6) is 0. The van der Waals surface area contributed by atoms with Crippen LogP contribution in [0.1, 0.15) is 5.56 Å². The quantitative estimate of drug-likeness (QED) is 0.212. The molecule has 144 valence electrons. The van der Waals surface area contributed by atoms with E-state index < -0.39 is 10.5 Å². The number of para-hydroxylation sites is 1. The Hall–Kier alpha value is -3.85. The van der Waals surface area contributed by atoms with Crippen molar-refractivity contribution in [1.29, 1.82) is 0 Å². The molecule has 29 heavy (non-hydrogen) atoms. The van der Waals surface area contributed by atoms with Crippen LogP contribution in [0, 0.1) is 10.1 Å². The average molecular weight is 406 g/mol. The molecule has 0 fully saturated rings. The summed E-state index contributed by atoms with van der Waals surface area (Å²) >= 11 is 1.34. The lowest BCUT2D eigenvalue weighted by molar-refractivity contribution is -0.384. The number of non-ortho nitro benzene ring substituents is 1. The average Bonchev–Trinajstić information content (AvgIpc) is 3.22. The van der Waals surface area contributed by atoms with Crippen molar-refractivity contribution in [2.45, 2.75) is 0 Å². The molecule has 2 aromatic heterocycles. The van der Waals surface area contributed by atoms with Gasteiger partial charge < -0.3 is 4.42 Å². The Morgan fingerprint density at radius 2 is 1.97 bits per heavy atom. The van der Waals surface area contributed by atoms with Crippen molar-refractivity contribution >= 4 is 39.3 Å². The van der Waals surface area contributed by atoms with Crippen molar-refractivity contribution in [2.24, 2.45) is 5.10 Å². The Bertz CT molecular complexity index is 1280. The summed E-state index contributed by atoms with van der Waals surface area (Å²) in [4.78, 5) is 27.0. The molecule has 0 unspecified atom stereocenters. The highest BCUT2D eigenvalue weighted by molar-refractivity contribution is 7.14. The first-order valence-corrected chi connectivity index (χ1v) is 9.40. The Balaban J connectivity index is 1.56. The SMILES string of the molecule is CN(N=Cc1ccc([N+](=O)[O-])cc1)c1nc(-c2cc3ccccc3oc2=O)cs1. The van der Waals surface area contributed by atoms with Crippen LogP contribution in [0.2, 0.25) is 0 Å². The normalized spacial score (nSPS) is 11.2. The number of rotatable bonds is 5. The van der Waals surface area contributed by atoms with Gasteiger partial charge >= 0.3 is 5.63 Å². The minimum atomic E-state index is -0.451. The molecule has 0 N–H and O–H groups in total. The van der Waals surface area contributed by atoms with Crippen LogP contribution in [0.3, 0.4) is 0 Å². The molecule has 8 nitrogen and oxygen atoms in total. The van der Waals surface area contributed by atoms with Gasteiger partial charge in [-0.15, -0.1) is 11.3 Å². The van der Waals surface area contributed by atoms with Gasteiger partial charge in [-0.2, -0.15) is 5.10 Å². The summed E-state index contributed by atoms with van der Waals surface area (Å²) in [6.45, 7) is 0. The summed E-state index contributed by atoms with van der Waals surface area (Å²) in [7, 11) is 1.73. The Labute approximate surface area is 168 Å². The summed E-state index contributed by atoms with van der Waals surface area (Å²) < 4.78 is 5.37. The van der Waals surface area contributed by atoms with Crippen molar-refractivity contribution in [3.63, 3.8) is 0 Å². The summed E-state index contributed by atoms with van der Waals surface area (Å²) in [6, 6.07) is 15.1. The van der Waals surface area contributed by atoms with E-state index in [1.54, 1.807) is 47.9 Å². The van der Waals surface area contributed by atoms with Crippen LogP contribution in [0.15, 0.2) is 74.3 Å². The molecule has 0 amide bonds. The second-order valence-corrected chi connectivity index (χ2v) is 6.95. The number of nitro benzene ring substituents is 1. The summed E-state index contributed by atoms with van der Waals surface area (Å²) in [6.07, 6.45) is 1.58. The standard InChI is InChI=1S/C20H14N4O4S/c1-23(21-11-13-6-8-15(9-7-13)24(26)27)20-22-17(12-29-20)16-10-14-4-2-3-5-18(14)28-19(16)25/h2-12H,1H3. The maximum Gasteiger partial charge on any atom is 0.345 e. The van der Waals surface area contributed by atoms with Gasteiger partial charge in [-0.1, -0.05) is 18.2 Å². The van der Waals surface area contributed by atoms with Gasteiger partial charge in [0.15, 0.2) is 0 Å². The molecule has 9 heteroatoms. The Morgan fingerprint density at radius 3 is 2.72 bits per heavy atom. The molecule has 0 aliphatic rings. The molecule has 0 saturated heterocycles. The van der Waals surface area contributed by atoms with E-state index >= 15 is 0 Å². The fraction of sp³-hybridized carbons (Fsp3) is 0.0500. The van der Waals surface area contributed by atoms with Crippen LogP contribution in [0.25, 0.3) is 22.2 Å². The van der Waals surface area contributed by atoms with E-state index in [-0.39, 0.29) is 5.69 Å². The zero-order valence-corrected chi connectivity index (χ0v) is 16.0. The first-order valence-electron chi connectivity index (χ1n) is 8.52. The van der Waals surface area contributed by atoms with Crippen LogP contribution in [0.5, 0.6) is 0 Å². The molecule has 0 aliphatic heterocycles. The molecule has 0 bridgehead atoms. The smallest absolute Gasteiger partial charge is 0.345 e. The molecule has 0 aliphatic carbocycles. The molecular weight excluding hydrogens is 392 g/mol. The van der Waals surface area contributed by atoms with E-state index in [9.17, 15) is 14.9 Å². The van der Waals surface area contributed by atoms with Gasteiger partial charge in [0, 0.05) is 29.9 Å². The van der Waals surface area contributed by atoms with Gasteiger partial charge in [-0.05, 0) is 29.8 Å². The van der Waals surface area contributed by atoms with Gasteiger partial charge in [0.1, 0.15) is 5.58 Å². The van der Waals surface area contributed by atoms with Gasteiger partial charge in [0.05, 0.1) is 22.4 Å². The lowest BCUT2D eigenvalue weighted by Gasteiger charge is -2.07. The minimum Gasteiger partial charge on any atom is -0.422 e. The van der Waals surface area contributed by atoms with Crippen LogP contribution >= 0.6 is 11.3 Å². The van der Waals surface area contributed by atoms with Gasteiger partial charge in [0.25, 0.3) is 5.69 Å². The number of fused-ring (bicyclic) bond motifs is 1. The van der Waals surface area contributed by atoms with E-state index in [2.05, 4.69) is 10.1 Å². The lowest BCUT2D eigenvalue weighted by Crippen LogP contribution is -2.09. The zero-order valence-electron chi connectivity index (χ0n) is 15.2. The number of hydrogen-bond donors (Lipinski definition) is 0. The summed E-state index contributed by atoms with van der Waals surface area (Å²) in [5, 5.41) is 19.8. The van der Waals surface area contributed by atoms with Crippen LogP contribution in [-0.2, 0) is 0 Å². The third-order valence-electron chi connectivity index (χ3n) is 4.17. The third-order valence-corrected chi connectivity index (χ3v) is 5.08. The third kappa shape index (κ3) is 3.90. The molecule has 0 spiro atoms. The number of hydrazone groups is 1. The highest BCUT2D eigenvalue weighted by atomic mass is 32.1. The fourth-order valence-electron chi connectivity index (χ4n) is 2.66. The van der Waals surface area contributed by atoms with Gasteiger partial charge in [-0.25, -0.2) is 14.8 Å². The number of nitro groups is 1. The monoisotopic (exact) mass is 406 g/mol. The van der Waals surface area contributed by atoms with Crippen molar-refractivity contribution in [1.82, 2.24) is 4.98 Å². The molecule has 4 aromatic rings. The zero-order chi connectivity index (χ0) is 20.4. The molecule has 2 heterocycles. The fourth-order valence-corrected chi connectivity index (χ4v) is 3.41. The number of anilines is 1. The second-order valence-electron chi connectivity index (χ2n) is 6.12. The van der Waals surface area contributed by atoms with Crippen molar-refractivity contribution in [3.8, 4) is 11.3 Å². The van der Waals surface area contributed by atoms with E-state index in [4.69, 9.17) is 4.42 Å². The van der Waals surface area contributed by atoms with E-state index in [1.165, 1.54) is 23.5 Å². The highest BCUT2D eigenvalue weighted by Crippen LogP contribution is 2.27. The number of nitrogens with zero attached hydrogens (tertiary/aromatic N) is 4. The van der Waals surface area contributed by atoms with E-state index in [1.807, 2.05) is 18.2 Å². The second kappa shape index (κ2) is 7.64. The number of thiazole rings is 1. The number of benzene rings is 2. The number of hydrogen-bond acceptors (Lipinski definition) is 8. The molecule has 2 aromatic carbocycles. The molecule has 0 radical (unpaired) electrons. The predicted octanol–water partition coefficient (Wildman–Crippen LogP) is 4.30. The van der Waals surface area contributed by atoms with Gasteiger partial charge in [-0.3, -0.25) is 10.1 Å². The first-order chi connectivity index (χ1) is 14.0. The maximum absolute atomic E-state index is 12.3. The van der Waals surface area contributed by atoms with Crippen molar-refractivity contribution in [2.75, 3.05) is 12.1 Å². The van der Waals surface area contributed by atoms with E-state index in [0.29, 0.717) is 22.0 Å². The van der Waals surface area contributed by atoms with Crippen LogP contribution < -0.4 is 10.6 Å². The van der Waals surface area contributed by atoms with Crippen LogP contribution in [-0.4, -0.2) is 23.2 Å². The van der Waals surface area contributed by atoms with Crippen molar-refractivity contribution < 1.29 is 9.34 Å². The molecular formula is C20H14N4O4S. The maximum atomic E-state index is 12.3. The lowest BCUT2D eigenvalue weighted by atomic mass is 10.1. The Morgan fingerprint density at radius 1 is 1.21 bits per heavy atom. The largest absolute Gasteiger partial charge is 0.422 e. The molecule has 0 saturated carbocycles. The van der Waals surface area contributed by atoms with Crippen molar-refractivity contribution in [3.05, 3.63) is 86.1 Å². The minimum absolute atomic E-state index is 0.0225. The molecule has 4 rings (SSSR count). The number of aromatic nitrogens is 1. The van der Waals surface area contributed by atoms with Gasteiger partial charge in [0.2, 0.25) is 5.13 Å². The van der Waals surface area contributed by atoms with E-state index in [0.717, 1.165) is 10.9 Å². The first kappa shape index (κ1) is 18.5.